The molecule has 0 aromatic carbocycles. The third kappa shape index (κ3) is 2.40. The summed E-state index contributed by atoms with van der Waals surface area (Å²) in [6.45, 7) is 0.165. The quantitative estimate of drug-likeness (QED) is 0.355. The number of aliphatic hydroxyl groups excluding tert-OH is 3. The van der Waals surface area contributed by atoms with E-state index in [9.17, 15) is 5.11 Å². The zero-order valence-corrected chi connectivity index (χ0v) is 6.96. The van der Waals surface area contributed by atoms with Crippen molar-refractivity contribution in [3.63, 3.8) is 0 Å². The van der Waals surface area contributed by atoms with Crippen LogP contribution in [-0.4, -0.2) is 53.1 Å². The highest BCUT2D eigenvalue weighted by Gasteiger charge is 2.41. The van der Waals surface area contributed by atoms with E-state index in [0.717, 1.165) is 0 Å². The summed E-state index contributed by atoms with van der Waals surface area (Å²) in [6.07, 6.45) is 0.439. The maximum atomic E-state index is 9.26. The summed E-state index contributed by atoms with van der Waals surface area (Å²) in [5, 5.41) is 27.3. The van der Waals surface area contributed by atoms with Gasteiger partial charge in [0.25, 0.3) is 0 Å². The van der Waals surface area contributed by atoms with Crippen molar-refractivity contribution in [2.45, 2.75) is 24.6 Å². The van der Waals surface area contributed by atoms with Gasteiger partial charge in [0, 0.05) is 0 Å². The molecule has 0 radical (unpaired) electrons. The van der Waals surface area contributed by atoms with Crippen molar-refractivity contribution < 1.29 is 24.8 Å². The lowest BCUT2D eigenvalue weighted by Gasteiger charge is -2.12. The SMILES string of the molecule is C#CCOCC1O[C@@H](O)[C@H](O)[C@@H]1O. The number of hydrogen-bond donors (Lipinski definition) is 3. The number of aliphatic hydroxyl groups is 3. The summed E-state index contributed by atoms with van der Waals surface area (Å²) in [4.78, 5) is 0. The van der Waals surface area contributed by atoms with E-state index in [4.69, 9.17) is 26.1 Å². The van der Waals surface area contributed by atoms with E-state index in [-0.39, 0.29) is 13.2 Å². The van der Waals surface area contributed by atoms with Gasteiger partial charge in [0.05, 0.1) is 6.61 Å². The molecule has 1 rings (SSSR count). The standard InChI is InChI=1S/C8H12O5/c1-2-3-12-4-5-6(9)7(10)8(11)13-5/h1,5-11H,3-4H2/t5?,6-,7-,8-/m1/s1. The van der Waals surface area contributed by atoms with Gasteiger partial charge in [-0.3, -0.25) is 0 Å². The van der Waals surface area contributed by atoms with Gasteiger partial charge in [-0.1, -0.05) is 5.92 Å². The first-order valence-corrected chi connectivity index (χ1v) is 3.87. The highest BCUT2D eigenvalue weighted by Crippen LogP contribution is 2.19. The Labute approximate surface area is 75.9 Å². The fourth-order valence-electron chi connectivity index (χ4n) is 1.10. The maximum absolute atomic E-state index is 9.26. The van der Waals surface area contributed by atoms with E-state index in [1.165, 1.54) is 0 Å². The maximum Gasteiger partial charge on any atom is 0.184 e. The topological polar surface area (TPSA) is 79.2 Å². The Morgan fingerprint density at radius 3 is 2.46 bits per heavy atom. The summed E-state index contributed by atoms with van der Waals surface area (Å²) < 4.78 is 9.68. The second kappa shape index (κ2) is 4.56. The normalized spacial score (nSPS) is 38.9. The smallest absolute Gasteiger partial charge is 0.184 e. The predicted octanol–water partition coefficient (Wildman–Crippen LogP) is -1.92. The van der Waals surface area contributed by atoms with Gasteiger partial charge in [0.15, 0.2) is 6.29 Å². The molecule has 1 aliphatic rings. The number of ether oxygens (including phenoxy) is 2. The van der Waals surface area contributed by atoms with Crippen LogP contribution in [0, 0.1) is 12.3 Å². The van der Waals surface area contributed by atoms with Crippen molar-refractivity contribution in [3.05, 3.63) is 0 Å². The Morgan fingerprint density at radius 2 is 2.00 bits per heavy atom. The molecule has 0 aliphatic carbocycles. The molecule has 1 saturated heterocycles. The van der Waals surface area contributed by atoms with Gasteiger partial charge in [-0.05, 0) is 0 Å². The minimum Gasteiger partial charge on any atom is -0.387 e. The Kier molecular flexibility index (Phi) is 3.66. The third-order valence-corrected chi connectivity index (χ3v) is 1.80. The summed E-state index contributed by atoms with van der Waals surface area (Å²) in [7, 11) is 0. The van der Waals surface area contributed by atoms with Crippen molar-refractivity contribution in [3.8, 4) is 12.3 Å². The van der Waals surface area contributed by atoms with Crippen molar-refractivity contribution >= 4 is 0 Å². The van der Waals surface area contributed by atoms with Gasteiger partial charge in [-0.15, -0.1) is 6.42 Å². The molecule has 0 bridgehead atoms. The van der Waals surface area contributed by atoms with Crippen LogP contribution in [0.3, 0.4) is 0 Å². The van der Waals surface area contributed by atoms with Gasteiger partial charge >= 0.3 is 0 Å². The fourth-order valence-corrected chi connectivity index (χ4v) is 1.10. The highest BCUT2D eigenvalue weighted by molar-refractivity contribution is 4.87. The van der Waals surface area contributed by atoms with Gasteiger partial charge in [-0.25, -0.2) is 0 Å². The molecule has 1 fully saturated rings. The Morgan fingerprint density at radius 1 is 1.31 bits per heavy atom. The van der Waals surface area contributed by atoms with E-state index in [1.54, 1.807) is 0 Å². The molecule has 0 saturated carbocycles. The molecule has 1 heterocycles. The molecule has 1 aliphatic heterocycles. The Bertz CT molecular complexity index is 199. The first-order chi connectivity index (χ1) is 6.16. The molecule has 1 unspecified atom stereocenters. The van der Waals surface area contributed by atoms with Crippen LogP contribution in [0.25, 0.3) is 0 Å². The lowest BCUT2D eigenvalue weighted by atomic mass is 10.1. The van der Waals surface area contributed by atoms with Crippen molar-refractivity contribution in [1.82, 2.24) is 0 Å². The van der Waals surface area contributed by atoms with Crippen LogP contribution in [0.4, 0.5) is 0 Å². The number of hydrogen-bond acceptors (Lipinski definition) is 5. The molecule has 0 amide bonds. The van der Waals surface area contributed by atoms with Crippen molar-refractivity contribution in [2.24, 2.45) is 0 Å². The summed E-state index contributed by atoms with van der Waals surface area (Å²) in [5.74, 6) is 2.24. The van der Waals surface area contributed by atoms with E-state index in [0.29, 0.717) is 0 Å². The molecule has 5 heteroatoms. The lowest BCUT2D eigenvalue weighted by molar-refractivity contribution is -0.135. The monoisotopic (exact) mass is 188 g/mol. The second-order valence-corrected chi connectivity index (χ2v) is 2.77. The second-order valence-electron chi connectivity index (χ2n) is 2.77. The van der Waals surface area contributed by atoms with Crippen LogP contribution in [0.1, 0.15) is 0 Å². The zero-order valence-electron chi connectivity index (χ0n) is 6.96. The molecule has 0 aromatic rings. The Balaban J connectivity index is 2.32. The fraction of sp³-hybridized carbons (Fsp3) is 0.750. The van der Waals surface area contributed by atoms with Gasteiger partial charge < -0.3 is 24.8 Å². The van der Waals surface area contributed by atoms with Crippen molar-refractivity contribution in [1.29, 1.82) is 0 Å². The molecule has 74 valence electrons. The summed E-state index contributed by atoms with van der Waals surface area (Å²) in [5.41, 5.74) is 0. The van der Waals surface area contributed by atoms with Crippen LogP contribution < -0.4 is 0 Å². The van der Waals surface area contributed by atoms with Crippen LogP contribution in [0.2, 0.25) is 0 Å². The molecule has 0 spiro atoms. The molecule has 13 heavy (non-hydrogen) atoms. The zero-order chi connectivity index (χ0) is 9.84. The number of terminal acetylenes is 1. The van der Waals surface area contributed by atoms with Crippen LogP contribution >= 0.6 is 0 Å². The first-order valence-electron chi connectivity index (χ1n) is 3.87. The van der Waals surface area contributed by atoms with Crippen LogP contribution in [0.5, 0.6) is 0 Å². The average Bonchev–Trinajstić information content (AvgIpc) is 2.34. The first kappa shape index (κ1) is 10.4. The average molecular weight is 188 g/mol. The largest absolute Gasteiger partial charge is 0.387 e. The predicted molar refractivity (Wildman–Crippen MR) is 42.5 cm³/mol. The third-order valence-electron chi connectivity index (χ3n) is 1.80. The van der Waals surface area contributed by atoms with Gasteiger partial charge in [-0.2, -0.15) is 0 Å². The molecule has 4 atom stereocenters. The molecular formula is C8H12O5. The van der Waals surface area contributed by atoms with E-state index < -0.39 is 24.6 Å². The highest BCUT2D eigenvalue weighted by atomic mass is 16.7. The van der Waals surface area contributed by atoms with E-state index in [2.05, 4.69) is 5.92 Å². The Hall–Kier alpha value is -0.640. The van der Waals surface area contributed by atoms with Crippen LogP contribution in [0.15, 0.2) is 0 Å². The molecule has 5 nitrogen and oxygen atoms in total. The summed E-state index contributed by atoms with van der Waals surface area (Å²) >= 11 is 0. The minimum atomic E-state index is -1.35. The van der Waals surface area contributed by atoms with Gasteiger partial charge in [0.1, 0.15) is 24.9 Å². The number of rotatable bonds is 3. The lowest BCUT2D eigenvalue weighted by Crippen LogP contribution is -2.34. The van der Waals surface area contributed by atoms with E-state index in [1.807, 2.05) is 0 Å². The minimum absolute atomic E-state index is 0.0550. The van der Waals surface area contributed by atoms with E-state index >= 15 is 0 Å². The van der Waals surface area contributed by atoms with Crippen LogP contribution in [-0.2, 0) is 9.47 Å². The van der Waals surface area contributed by atoms with Crippen molar-refractivity contribution in [2.75, 3.05) is 13.2 Å². The molecular weight excluding hydrogens is 176 g/mol. The molecule has 0 aromatic heterocycles. The summed E-state index contributed by atoms with van der Waals surface area (Å²) in [6, 6.07) is 0. The molecule has 3 N–H and O–H groups in total. The van der Waals surface area contributed by atoms with Gasteiger partial charge in [0.2, 0.25) is 0 Å².